The third kappa shape index (κ3) is 4.14. The van der Waals surface area contributed by atoms with Gasteiger partial charge in [-0.05, 0) is 43.7 Å². The molecule has 0 spiro atoms. The highest BCUT2D eigenvalue weighted by molar-refractivity contribution is 7.21. The highest BCUT2D eigenvalue weighted by Gasteiger charge is 2.22. The topological polar surface area (TPSA) is 86.2 Å². The van der Waals surface area contributed by atoms with Gasteiger partial charge in [-0.1, -0.05) is 0 Å². The van der Waals surface area contributed by atoms with Gasteiger partial charge in [-0.15, -0.1) is 22.7 Å². The number of amides is 1. The first kappa shape index (κ1) is 21.3. The molecule has 160 valence electrons. The Hall–Kier alpha value is -2.95. The number of benzene rings is 1. The zero-order chi connectivity index (χ0) is 22.1. The number of nitrogens with zero attached hydrogens (tertiary/aromatic N) is 3. The quantitative estimate of drug-likeness (QED) is 0.439. The summed E-state index contributed by atoms with van der Waals surface area (Å²) in [6.45, 7) is 4.00. The summed E-state index contributed by atoms with van der Waals surface area (Å²) in [5.74, 6) is 0.306. The number of carbonyl (C=O) groups is 1. The Morgan fingerprint density at radius 1 is 1.10 bits per heavy atom. The van der Waals surface area contributed by atoms with Gasteiger partial charge in [-0.3, -0.25) is 10.1 Å². The second-order valence-corrected chi connectivity index (χ2v) is 8.91. The minimum absolute atomic E-state index is 0.245. The summed E-state index contributed by atoms with van der Waals surface area (Å²) in [4.78, 5) is 28.5. The molecule has 0 saturated carbocycles. The van der Waals surface area contributed by atoms with Crippen LogP contribution in [0.2, 0.25) is 0 Å². The maximum Gasteiger partial charge on any atom is 0.267 e. The van der Waals surface area contributed by atoms with Crippen LogP contribution in [0.15, 0.2) is 24.3 Å². The van der Waals surface area contributed by atoms with E-state index in [0.29, 0.717) is 37.6 Å². The first-order valence-electron chi connectivity index (χ1n) is 9.29. The molecule has 1 amide bonds. The smallest absolute Gasteiger partial charge is 0.267 e. The fourth-order valence-electron chi connectivity index (χ4n) is 3.18. The van der Waals surface area contributed by atoms with Crippen LogP contribution in [-0.2, 0) is 11.3 Å². The number of anilines is 1. The molecule has 0 saturated heterocycles. The van der Waals surface area contributed by atoms with E-state index in [2.05, 4.69) is 20.3 Å². The van der Waals surface area contributed by atoms with E-state index in [1.54, 1.807) is 19.2 Å². The number of nitrogens with one attached hydrogen (secondary N) is 1. The van der Waals surface area contributed by atoms with Crippen LogP contribution in [-0.4, -0.2) is 35.1 Å². The molecule has 0 unspecified atom stereocenters. The molecule has 0 fully saturated rings. The Bertz CT molecular complexity index is 1270. The van der Waals surface area contributed by atoms with Crippen molar-refractivity contribution in [1.82, 2.24) is 15.0 Å². The second kappa shape index (κ2) is 8.66. The van der Waals surface area contributed by atoms with E-state index in [1.807, 2.05) is 13.8 Å². The number of carbonyl (C=O) groups excluding carboxylic acids is 1. The summed E-state index contributed by atoms with van der Waals surface area (Å²) < 4.78 is 23.7. The third-order valence-electron chi connectivity index (χ3n) is 4.61. The molecule has 0 aliphatic rings. The van der Waals surface area contributed by atoms with Gasteiger partial charge in [0, 0.05) is 17.6 Å². The molecule has 7 nitrogen and oxygen atoms in total. The largest absolute Gasteiger partial charge is 0.480 e. The lowest BCUT2D eigenvalue weighted by Gasteiger charge is -2.05. The monoisotopic (exact) mass is 458 g/mol. The maximum atomic E-state index is 13.2. The van der Waals surface area contributed by atoms with E-state index in [-0.39, 0.29) is 18.3 Å². The van der Waals surface area contributed by atoms with Gasteiger partial charge < -0.3 is 9.47 Å². The molecule has 0 aliphatic heterocycles. The summed E-state index contributed by atoms with van der Waals surface area (Å²) in [5.41, 5.74) is 2.25. The molecule has 0 bridgehead atoms. The van der Waals surface area contributed by atoms with Crippen LogP contribution >= 0.6 is 22.7 Å². The number of halogens is 1. The number of rotatable bonds is 6. The summed E-state index contributed by atoms with van der Waals surface area (Å²) >= 11 is 2.63. The SMILES string of the molecule is COCc1nc(OC)c2c(C)c(C(=O)Nc3nc(-c4ccc(F)cc4)c(C)s3)sc2n1. The predicted octanol–water partition coefficient (Wildman–Crippen LogP) is 4.98. The highest BCUT2D eigenvalue weighted by Crippen LogP contribution is 2.36. The zero-order valence-electron chi connectivity index (χ0n) is 17.3. The maximum absolute atomic E-state index is 13.2. The molecule has 4 aromatic rings. The molecule has 0 atom stereocenters. The summed E-state index contributed by atoms with van der Waals surface area (Å²) in [7, 11) is 3.10. The Morgan fingerprint density at radius 2 is 1.84 bits per heavy atom. The molecule has 10 heteroatoms. The summed E-state index contributed by atoms with van der Waals surface area (Å²) in [5, 5.41) is 4.05. The number of thiazole rings is 1. The van der Waals surface area contributed by atoms with Gasteiger partial charge in [0.15, 0.2) is 11.0 Å². The molecule has 31 heavy (non-hydrogen) atoms. The van der Waals surface area contributed by atoms with E-state index in [0.717, 1.165) is 16.0 Å². The number of hydrogen-bond donors (Lipinski definition) is 1. The van der Waals surface area contributed by atoms with Crippen molar-refractivity contribution in [3.05, 3.63) is 51.2 Å². The van der Waals surface area contributed by atoms with Crippen LogP contribution in [0.3, 0.4) is 0 Å². The standard InChI is InChI=1S/C21H19FN4O3S2/c1-10-15-19(29-4)23-14(9-28-3)24-20(15)31-17(10)18(27)26-21-25-16(11(2)30-21)12-5-7-13(22)8-6-12/h5-8H,9H2,1-4H3,(H,25,26,27). The first-order valence-corrected chi connectivity index (χ1v) is 10.9. The van der Waals surface area contributed by atoms with E-state index in [4.69, 9.17) is 9.47 Å². The number of aryl methyl sites for hydroxylation is 2. The lowest BCUT2D eigenvalue weighted by atomic mass is 10.1. The molecular formula is C21H19FN4O3S2. The van der Waals surface area contributed by atoms with Crippen LogP contribution in [0.25, 0.3) is 21.5 Å². The van der Waals surface area contributed by atoms with E-state index < -0.39 is 0 Å². The van der Waals surface area contributed by atoms with Crippen molar-refractivity contribution >= 4 is 43.9 Å². The summed E-state index contributed by atoms with van der Waals surface area (Å²) in [6.07, 6.45) is 0. The van der Waals surface area contributed by atoms with Crippen LogP contribution in [0.4, 0.5) is 9.52 Å². The van der Waals surface area contributed by atoms with Crippen LogP contribution in [0, 0.1) is 19.7 Å². The average molecular weight is 459 g/mol. The van der Waals surface area contributed by atoms with Gasteiger partial charge in [0.25, 0.3) is 5.91 Å². The van der Waals surface area contributed by atoms with Gasteiger partial charge in [0.05, 0.1) is 23.1 Å². The highest BCUT2D eigenvalue weighted by atomic mass is 32.1. The molecule has 1 aromatic carbocycles. The molecule has 3 aromatic heterocycles. The van der Waals surface area contributed by atoms with Crippen molar-refractivity contribution in [3.63, 3.8) is 0 Å². The minimum atomic E-state index is -0.308. The molecule has 0 aliphatic carbocycles. The van der Waals surface area contributed by atoms with Gasteiger partial charge >= 0.3 is 0 Å². The van der Waals surface area contributed by atoms with Crippen molar-refractivity contribution in [2.24, 2.45) is 0 Å². The number of fused-ring (bicyclic) bond motifs is 1. The Kier molecular flexibility index (Phi) is 5.94. The molecule has 4 rings (SSSR count). The average Bonchev–Trinajstić information content (AvgIpc) is 3.28. The van der Waals surface area contributed by atoms with Crippen molar-refractivity contribution in [2.45, 2.75) is 20.5 Å². The Balaban J connectivity index is 1.65. The zero-order valence-corrected chi connectivity index (χ0v) is 18.9. The third-order valence-corrected chi connectivity index (χ3v) is 6.68. The van der Waals surface area contributed by atoms with Crippen LogP contribution in [0.1, 0.15) is 25.9 Å². The first-order chi connectivity index (χ1) is 14.9. The number of hydrogen-bond acceptors (Lipinski definition) is 8. The lowest BCUT2D eigenvalue weighted by molar-refractivity contribution is 0.103. The van der Waals surface area contributed by atoms with Gasteiger partial charge in [-0.2, -0.15) is 4.98 Å². The molecule has 1 N–H and O–H groups in total. The molecule has 0 radical (unpaired) electrons. The fourth-order valence-corrected chi connectivity index (χ4v) is 5.10. The number of thiophene rings is 1. The van der Waals surface area contributed by atoms with E-state index in [1.165, 1.54) is 41.9 Å². The van der Waals surface area contributed by atoms with Crippen molar-refractivity contribution in [3.8, 4) is 17.1 Å². The number of aromatic nitrogens is 3. The Labute approximate surface area is 185 Å². The van der Waals surface area contributed by atoms with Gasteiger partial charge in [0.2, 0.25) is 5.88 Å². The van der Waals surface area contributed by atoms with Crippen LogP contribution < -0.4 is 10.1 Å². The van der Waals surface area contributed by atoms with Gasteiger partial charge in [-0.25, -0.2) is 14.4 Å². The number of methoxy groups -OCH3 is 2. The molecular weight excluding hydrogens is 439 g/mol. The fraction of sp³-hybridized carbons (Fsp3) is 0.238. The summed E-state index contributed by atoms with van der Waals surface area (Å²) in [6, 6.07) is 6.11. The number of ether oxygens (including phenoxy) is 2. The minimum Gasteiger partial charge on any atom is -0.480 e. The normalized spacial score (nSPS) is 11.1. The van der Waals surface area contributed by atoms with Crippen molar-refractivity contribution < 1.29 is 18.7 Å². The van der Waals surface area contributed by atoms with E-state index >= 15 is 0 Å². The predicted molar refractivity (Wildman–Crippen MR) is 120 cm³/mol. The Morgan fingerprint density at radius 3 is 2.52 bits per heavy atom. The van der Waals surface area contributed by atoms with Crippen LogP contribution in [0.5, 0.6) is 5.88 Å². The molecule has 3 heterocycles. The second-order valence-electron chi connectivity index (χ2n) is 6.70. The van der Waals surface area contributed by atoms with Crippen molar-refractivity contribution in [2.75, 3.05) is 19.5 Å². The van der Waals surface area contributed by atoms with Gasteiger partial charge in [0.1, 0.15) is 17.3 Å². The van der Waals surface area contributed by atoms with Crippen molar-refractivity contribution in [1.29, 1.82) is 0 Å². The lowest BCUT2D eigenvalue weighted by Crippen LogP contribution is -2.11. The van der Waals surface area contributed by atoms with E-state index in [9.17, 15) is 9.18 Å².